The van der Waals surface area contributed by atoms with E-state index in [1.54, 1.807) is 18.2 Å². The molecular formula is C33H17N5S. The first-order valence-electron chi connectivity index (χ1n) is 12.3. The van der Waals surface area contributed by atoms with Gasteiger partial charge in [0.05, 0.1) is 46.2 Å². The second-order valence-electron chi connectivity index (χ2n) is 9.24. The number of hydrogen-bond acceptors (Lipinski definition) is 6. The Bertz CT molecular complexity index is 2130. The van der Waals surface area contributed by atoms with E-state index < -0.39 is 0 Å². The fourth-order valence-corrected chi connectivity index (χ4v) is 5.66. The first kappa shape index (κ1) is 22.7. The second kappa shape index (κ2) is 9.15. The van der Waals surface area contributed by atoms with E-state index in [0.29, 0.717) is 11.1 Å². The van der Waals surface area contributed by atoms with E-state index in [2.05, 4.69) is 57.3 Å². The molecule has 0 spiro atoms. The van der Waals surface area contributed by atoms with E-state index in [0.717, 1.165) is 66.2 Å². The number of benzene rings is 5. The summed E-state index contributed by atoms with van der Waals surface area (Å²) in [7, 11) is 0. The molecule has 0 saturated heterocycles. The van der Waals surface area contributed by atoms with Crippen LogP contribution in [-0.4, -0.2) is 13.7 Å². The lowest BCUT2D eigenvalue weighted by Crippen LogP contribution is -1.91. The Morgan fingerprint density at radius 1 is 0.590 bits per heavy atom. The summed E-state index contributed by atoms with van der Waals surface area (Å²) in [6.45, 7) is 0. The van der Waals surface area contributed by atoms with Crippen LogP contribution in [0, 0.1) is 22.7 Å². The third-order valence-electron chi connectivity index (χ3n) is 7.05. The Balaban J connectivity index is 1.29. The summed E-state index contributed by atoms with van der Waals surface area (Å²) in [6.07, 6.45) is 0. The molecule has 0 radical (unpaired) electrons. The number of nitrogens with zero attached hydrogens (tertiary/aromatic N) is 5. The van der Waals surface area contributed by atoms with Gasteiger partial charge < -0.3 is 0 Å². The Morgan fingerprint density at radius 2 is 1.31 bits per heavy atom. The molecule has 5 aromatic carbocycles. The predicted molar refractivity (Wildman–Crippen MR) is 156 cm³/mol. The van der Waals surface area contributed by atoms with Gasteiger partial charge in [-0.1, -0.05) is 66.7 Å². The zero-order chi connectivity index (χ0) is 26.3. The summed E-state index contributed by atoms with van der Waals surface area (Å²) in [6, 6.07) is 38.3. The molecule has 7 aromatic rings. The second-order valence-corrected chi connectivity index (χ2v) is 9.76. The third kappa shape index (κ3) is 3.79. The summed E-state index contributed by atoms with van der Waals surface area (Å²) >= 11 is 1.23. The van der Waals surface area contributed by atoms with Gasteiger partial charge in [-0.25, -0.2) is 4.98 Å². The number of rotatable bonds is 3. The van der Waals surface area contributed by atoms with Crippen LogP contribution in [0.1, 0.15) is 11.1 Å². The fraction of sp³-hybridized carbons (Fsp3) is 0. The summed E-state index contributed by atoms with van der Waals surface area (Å²) in [5, 5.41) is 22.0. The maximum atomic E-state index is 9.52. The van der Waals surface area contributed by atoms with E-state index in [4.69, 9.17) is 4.98 Å². The molecule has 0 unspecified atom stereocenters. The van der Waals surface area contributed by atoms with Crippen LogP contribution in [0.3, 0.4) is 0 Å². The molecule has 0 saturated carbocycles. The van der Waals surface area contributed by atoms with Crippen LogP contribution < -0.4 is 0 Å². The number of para-hydroxylation sites is 1. The minimum Gasteiger partial charge on any atom is -0.247 e. The van der Waals surface area contributed by atoms with Gasteiger partial charge in [-0.05, 0) is 53.1 Å². The van der Waals surface area contributed by atoms with E-state index >= 15 is 0 Å². The summed E-state index contributed by atoms with van der Waals surface area (Å²) in [4.78, 5) is 5.05. The van der Waals surface area contributed by atoms with E-state index in [-0.39, 0.29) is 0 Å². The van der Waals surface area contributed by atoms with Gasteiger partial charge in [0.1, 0.15) is 11.0 Å². The van der Waals surface area contributed by atoms with Crippen molar-refractivity contribution in [3.05, 3.63) is 114 Å². The van der Waals surface area contributed by atoms with Crippen molar-refractivity contribution in [2.24, 2.45) is 0 Å². The van der Waals surface area contributed by atoms with Gasteiger partial charge in [-0.2, -0.15) is 19.3 Å². The average molecular weight is 516 g/mol. The number of pyridine rings is 1. The van der Waals surface area contributed by atoms with Crippen LogP contribution >= 0.6 is 11.7 Å². The molecule has 2 aromatic heterocycles. The Labute approximate surface area is 228 Å². The highest BCUT2D eigenvalue weighted by molar-refractivity contribution is 7.00. The number of hydrogen-bond donors (Lipinski definition) is 0. The molecule has 0 aliphatic heterocycles. The van der Waals surface area contributed by atoms with E-state index in [1.165, 1.54) is 11.7 Å². The van der Waals surface area contributed by atoms with Crippen molar-refractivity contribution in [2.45, 2.75) is 0 Å². The highest BCUT2D eigenvalue weighted by Gasteiger charge is 2.15. The normalized spacial score (nSPS) is 11.0. The highest BCUT2D eigenvalue weighted by atomic mass is 32.1. The van der Waals surface area contributed by atoms with Crippen LogP contribution in [0.5, 0.6) is 0 Å². The largest absolute Gasteiger partial charge is 0.247 e. The van der Waals surface area contributed by atoms with E-state index in [1.807, 2.05) is 48.5 Å². The first-order chi connectivity index (χ1) is 19.2. The number of fused-ring (bicyclic) bond motifs is 5. The van der Waals surface area contributed by atoms with Crippen molar-refractivity contribution >= 4 is 44.4 Å². The van der Waals surface area contributed by atoms with Gasteiger partial charge in [0.2, 0.25) is 0 Å². The summed E-state index contributed by atoms with van der Waals surface area (Å²) in [5.74, 6) is 0. The molecule has 0 N–H and O–H groups in total. The molecule has 2 heterocycles. The molecule has 180 valence electrons. The zero-order valence-electron chi connectivity index (χ0n) is 20.5. The minimum atomic E-state index is 0.533. The summed E-state index contributed by atoms with van der Waals surface area (Å²) < 4.78 is 9.05. The average Bonchev–Trinajstić information content (AvgIpc) is 3.50. The van der Waals surface area contributed by atoms with Crippen molar-refractivity contribution in [1.29, 1.82) is 10.5 Å². The van der Waals surface area contributed by atoms with Gasteiger partial charge in [-0.3, -0.25) is 0 Å². The highest BCUT2D eigenvalue weighted by Crippen LogP contribution is 2.37. The first-order valence-corrected chi connectivity index (χ1v) is 13.1. The van der Waals surface area contributed by atoms with Crippen molar-refractivity contribution in [3.8, 4) is 45.6 Å². The van der Waals surface area contributed by atoms with Crippen molar-refractivity contribution < 1.29 is 0 Å². The molecule has 0 bridgehead atoms. The molecule has 0 amide bonds. The molecule has 6 heteroatoms. The smallest absolute Gasteiger partial charge is 0.113 e. The van der Waals surface area contributed by atoms with Crippen LogP contribution in [0.25, 0.3) is 66.2 Å². The molecule has 0 aliphatic rings. The SMILES string of the molecule is N#Cc1ccc(C#N)c(-c2ccc(-c3ccc(-c4nc5ccccc5c5c4ccc4nsnc45)cc3)cc2)c1. The topological polar surface area (TPSA) is 86.2 Å². The maximum absolute atomic E-state index is 9.52. The molecular weight excluding hydrogens is 498 g/mol. The van der Waals surface area contributed by atoms with Crippen LogP contribution in [0.15, 0.2) is 103 Å². The third-order valence-corrected chi connectivity index (χ3v) is 7.59. The molecule has 0 atom stereocenters. The Kier molecular flexibility index (Phi) is 5.33. The lowest BCUT2D eigenvalue weighted by atomic mass is 9.95. The Hall–Kier alpha value is -5.43. The predicted octanol–water partition coefficient (Wildman–Crippen LogP) is 8.14. The standard InChI is InChI=1S/C33H17N5S/c34-18-20-5-6-25(19-35)28(17-20)23-11-7-21(8-12-23)22-9-13-24(14-10-22)32-27-15-16-30-33(38-39-37-30)31(27)26-3-1-2-4-29(26)36-32/h1-17H. The molecule has 7 rings (SSSR count). The lowest BCUT2D eigenvalue weighted by molar-refractivity contribution is 1.43. The zero-order valence-corrected chi connectivity index (χ0v) is 21.3. The lowest BCUT2D eigenvalue weighted by Gasteiger charge is -2.11. The molecule has 0 aliphatic carbocycles. The fourth-order valence-electron chi connectivity index (χ4n) is 5.12. The quantitative estimate of drug-likeness (QED) is 0.222. The van der Waals surface area contributed by atoms with Crippen LogP contribution in [0.4, 0.5) is 0 Å². The van der Waals surface area contributed by atoms with Crippen LogP contribution in [0.2, 0.25) is 0 Å². The molecule has 0 fully saturated rings. The van der Waals surface area contributed by atoms with Gasteiger partial charge in [0, 0.05) is 27.3 Å². The van der Waals surface area contributed by atoms with Gasteiger partial charge in [0.25, 0.3) is 0 Å². The minimum absolute atomic E-state index is 0.533. The maximum Gasteiger partial charge on any atom is 0.113 e. The molecule has 39 heavy (non-hydrogen) atoms. The van der Waals surface area contributed by atoms with Crippen molar-refractivity contribution in [1.82, 2.24) is 13.7 Å². The number of nitriles is 2. The van der Waals surface area contributed by atoms with Gasteiger partial charge in [-0.15, -0.1) is 0 Å². The van der Waals surface area contributed by atoms with Gasteiger partial charge >= 0.3 is 0 Å². The van der Waals surface area contributed by atoms with Crippen molar-refractivity contribution in [2.75, 3.05) is 0 Å². The van der Waals surface area contributed by atoms with E-state index in [9.17, 15) is 10.5 Å². The van der Waals surface area contributed by atoms with Crippen LogP contribution in [-0.2, 0) is 0 Å². The summed E-state index contributed by atoms with van der Waals surface area (Å²) in [5.41, 5.74) is 9.57. The monoisotopic (exact) mass is 515 g/mol. The van der Waals surface area contributed by atoms with Gasteiger partial charge in [0.15, 0.2) is 0 Å². The number of aromatic nitrogens is 3. The van der Waals surface area contributed by atoms with Crippen molar-refractivity contribution in [3.63, 3.8) is 0 Å². The Morgan fingerprint density at radius 3 is 2.05 bits per heavy atom. The molecule has 5 nitrogen and oxygen atoms in total.